The first-order valence-electron chi connectivity index (χ1n) is 5.99. The largest absolute Gasteiger partial charge is 0.480 e. The number of halogens is 1. The molecule has 0 spiro atoms. The molecule has 0 aromatic heterocycles. The van der Waals surface area contributed by atoms with Crippen LogP contribution in [-0.4, -0.2) is 40.5 Å². The van der Waals surface area contributed by atoms with Gasteiger partial charge in [0.15, 0.2) is 0 Å². The van der Waals surface area contributed by atoms with Crippen LogP contribution >= 0.6 is 22.6 Å². The summed E-state index contributed by atoms with van der Waals surface area (Å²) in [5, 5.41) is 9.32. The Hall–Kier alpha value is -1.15. The zero-order valence-corrected chi connectivity index (χ0v) is 12.4. The zero-order valence-electron chi connectivity index (χ0n) is 10.3. The number of carboxylic acids is 1. The quantitative estimate of drug-likeness (QED) is 0.766. The highest BCUT2D eigenvalue weighted by Gasteiger charge is 2.36. The molecule has 1 amide bonds. The van der Waals surface area contributed by atoms with Gasteiger partial charge in [-0.05, 0) is 40.3 Å². The van der Waals surface area contributed by atoms with Crippen molar-refractivity contribution < 1.29 is 14.7 Å². The van der Waals surface area contributed by atoms with E-state index in [0.29, 0.717) is 13.0 Å². The zero-order chi connectivity index (χ0) is 14.0. The average Bonchev–Trinajstić information content (AvgIpc) is 2.67. The van der Waals surface area contributed by atoms with Gasteiger partial charge < -0.3 is 15.7 Å². The first-order chi connectivity index (χ1) is 8.97. The number of rotatable bonds is 4. The number of likely N-dealkylation sites (tertiary alicyclic amines) is 1. The maximum atomic E-state index is 11.8. The Kier molecular flexibility index (Phi) is 4.41. The maximum absolute atomic E-state index is 11.8. The van der Waals surface area contributed by atoms with E-state index in [1.165, 1.54) is 4.90 Å². The fraction of sp³-hybridized carbons (Fsp3) is 0.385. The van der Waals surface area contributed by atoms with Gasteiger partial charge in [0.05, 0.1) is 0 Å². The number of aliphatic carboxylic acids is 1. The summed E-state index contributed by atoms with van der Waals surface area (Å²) >= 11 is 2.19. The van der Waals surface area contributed by atoms with Crippen LogP contribution in [0.2, 0.25) is 0 Å². The highest BCUT2D eigenvalue weighted by Crippen LogP contribution is 2.18. The first-order valence-corrected chi connectivity index (χ1v) is 7.07. The Morgan fingerprint density at radius 3 is 2.58 bits per heavy atom. The Balaban J connectivity index is 2.15. The molecule has 1 aliphatic rings. The monoisotopic (exact) mass is 374 g/mol. The molecule has 0 saturated carbocycles. The van der Waals surface area contributed by atoms with Gasteiger partial charge in [0, 0.05) is 29.0 Å². The fourth-order valence-corrected chi connectivity index (χ4v) is 2.60. The van der Waals surface area contributed by atoms with Crippen molar-refractivity contribution in [2.24, 2.45) is 5.73 Å². The van der Waals surface area contributed by atoms with Crippen LogP contribution < -0.4 is 5.73 Å². The summed E-state index contributed by atoms with van der Waals surface area (Å²) in [6.45, 7) is 0.320. The van der Waals surface area contributed by atoms with E-state index >= 15 is 0 Å². The van der Waals surface area contributed by atoms with E-state index in [1.807, 2.05) is 24.3 Å². The van der Waals surface area contributed by atoms with Gasteiger partial charge in [0.2, 0.25) is 5.91 Å². The van der Waals surface area contributed by atoms with Crippen LogP contribution in [0.3, 0.4) is 0 Å². The number of nitrogens with zero attached hydrogens (tertiary/aromatic N) is 1. The van der Waals surface area contributed by atoms with Crippen LogP contribution in [0, 0.1) is 3.57 Å². The van der Waals surface area contributed by atoms with E-state index in [1.54, 1.807) is 0 Å². The summed E-state index contributed by atoms with van der Waals surface area (Å²) in [7, 11) is 0. The lowest BCUT2D eigenvalue weighted by atomic mass is 10.1. The van der Waals surface area contributed by atoms with E-state index in [9.17, 15) is 14.7 Å². The second kappa shape index (κ2) is 5.87. The van der Waals surface area contributed by atoms with Crippen LogP contribution in [0.15, 0.2) is 24.3 Å². The van der Waals surface area contributed by atoms with E-state index in [-0.39, 0.29) is 18.4 Å². The molecule has 6 heteroatoms. The molecule has 1 aromatic rings. The van der Waals surface area contributed by atoms with E-state index in [4.69, 9.17) is 5.73 Å². The predicted octanol–water partition coefficient (Wildman–Crippen LogP) is 0.846. The summed E-state index contributed by atoms with van der Waals surface area (Å²) < 4.78 is 1.09. The predicted molar refractivity (Wildman–Crippen MR) is 78.6 cm³/mol. The lowest BCUT2D eigenvalue weighted by Crippen LogP contribution is -2.44. The van der Waals surface area contributed by atoms with Crippen LogP contribution in [-0.2, 0) is 16.0 Å². The molecule has 1 aromatic carbocycles. The molecule has 2 unspecified atom stereocenters. The van der Waals surface area contributed by atoms with Gasteiger partial charge in [-0.25, -0.2) is 4.79 Å². The smallest absolute Gasteiger partial charge is 0.326 e. The minimum absolute atomic E-state index is 0.176. The summed E-state index contributed by atoms with van der Waals surface area (Å²) in [6, 6.07) is 6.53. The third-order valence-corrected chi connectivity index (χ3v) is 3.91. The Labute approximate surface area is 124 Å². The SMILES string of the molecule is NC1CC(=O)N(C(Cc2ccc(I)cc2)C(=O)O)C1. The molecular weight excluding hydrogens is 359 g/mol. The van der Waals surface area contributed by atoms with Gasteiger partial charge in [0.1, 0.15) is 6.04 Å². The summed E-state index contributed by atoms with van der Waals surface area (Å²) in [5.41, 5.74) is 6.61. The average molecular weight is 374 g/mol. The normalized spacial score (nSPS) is 20.6. The van der Waals surface area contributed by atoms with Crippen molar-refractivity contribution in [3.63, 3.8) is 0 Å². The lowest BCUT2D eigenvalue weighted by molar-refractivity contribution is -0.148. The number of amides is 1. The van der Waals surface area contributed by atoms with E-state index in [0.717, 1.165) is 9.13 Å². The molecule has 3 N–H and O–H groups in total. The van der Waals surface area contributed by atoms with Crippen LogP contribution in [0.4, 0.5) is 0 Å². The lowest BCUT2D eigenvalue weighted by Gasteiger charge is -2.24. The number of benzene rings is 1. The van der Waals surface area contributed by atoms with Crippen molar-refractivity contribution in [2.75, 3.05) is 6.54 Å². The molecule has 0 radical (unpaired) electrons. The molecule has 19 heavy (non-hydrogen) atoms. The molecule has 102 valence electrons. The number of nitrogens with two attached hydrogens (primary N) is 1. The van der Waals surface area contributed by atoms with Gasteiger partial charge in [0.25, 0.3) is 0 Å². The van der Waals surface area contributed by atoms with Crippen molar-refractivity contribution in [3.05, 3.63) is 33.4 Å². The third kappa shape index (κ3) is 3.44. The molecule has 0 aliphatic carbocycles. The Bertz CT molecular complexity index is 489. The first kappa shape index (κ1) is 14.3. The molecule has 0 bridgehead atoms. The minimum atomic E-state index is -0.985. The van der Waals surface area contributed by atoms with Gasteiger partial charge in [-0.3, -0.25) is 4.79 Å². The van der Waals surface area contributed by atoms with Gasteiger partial charge in [-0.15, -0.1) is 0 Å². The fourth-order valence-electron chi connectivity index (χ4n) is 2.24. The topological polar surface area (TPSA) is 83.6 Å². The third-order valence-electron chi connectivity index (χ3n) is 3.19. The standard InChI is InChI=1S/C13H15IN2O3/c14-9-3-1-8(2-4-9)5-11(13(18)19)16-7-10(15)6-12(16)17/h1-4,10-11H,5-7,15H2,(H,18,19). The highest BCUT2D eigenvalue weighted by atomic mass is 127. The van der Waals surface area contributed by atoms with Gasteiger partial charge >= 0.3 is 5.97 Å². The van der Waals surface area contributed by atoms with Gasteiger partial charge in [-0.1, -0.05) is 12.1 Å². The molecule has 1 heterocycles. The highest BCUT2D eigenvalue weighted by molar-refractivity contribution is 14.1. The van der Waals surface area contributed by atoms with E-state index < -0.39 is 12.0 Å². The second-order valence-electron chi connectivity index (χ2n) is 4.69. The van der Waals surface area contributed by atoms with Crippen LogP contribution in [0.5, 0.6) is 0 Å². The van der Waals surface area contributed by atoms with Crippen molar-refractivity contribution in [1.29, 1.82) is 0 Å². The summed E-state index contributed by atoms with van der Waals surface area (Å²) in [4.78, 5) is 24.5. The minimum Gasteiger partial charge on any atom is -0.480 e. The molecule has 1 saturated heterocycles. The van der Waals surface area contributed by atoms with Crippen molar-refractivity contribution >= 4 is 34.5 Å². The molecule has 1 aliphatic heterocycles. The van der Waals surface area contributed by atoms with Crippen molar-refractivity contribution in [3.8, 4) is 0 Å². The number of carbonyl (C=O) groups excluding carboxylic acids is 1. The summed E-state index contributed by atoms with van der Waals surface area (Å²) in [5.74, 6) is -1.16. The van der Waals surface area contributed by atoms with Crippen molar-refractivity contribution in [1.82, 2.24) is 4.90 Å². The van der Waals surface area contributed by atoms with Gasteiger partial charge in [-0.2, -0.15) is 0 Å². The van der Waals surface area contributed by atoms with Crippen molar-refractivity contribution in [2.45, 2.75) is 24.9 Å². The maximum Gasteiger partial charge on any atom is 0.326 e. The number of hydrogen-bond donors (Lipinski definition) is 2. The molecular formula is C13H15IN2O3. The number of hydrogen-bond acceptors (Lipinski definition) is 3. The van der Waals surface area contributed by atoms with Crippen LogP contribution in [0.1, 0.15) is 12.0 Å². The van der Waals surface area contributed by atoms with Crippen LogP contribution in [0.25, 0.3) is 0 Å². The molecule has 5 nitrogen and oxygen atoms in total. The molecule has 2 atom stereocenters. The van der Waals surface area contributed by atoms with E-state index in [2.05, 4.69) is 22.6 Å². The second-order valence-corrected chi connectivity index (χ2v) is 5.94. The molecule has 2 rings (SSSR count). The Morgan fingerprint density at radius 2 is 2.11 bits per heavy atom. The number of carboxylic acid groups (broad SMARTS) is 1. The molecule has 1 fully saturated rings. The summed E-state index contributed by atoms with van der Waals surface area (Å²) in [6.07, 6.45) is 0.543. The Morgan fingerprint density at radius 1 is 1.47 bits per heavy atom. The number of carbonyl (C=O) groups is 2.